The van der Waals surface area contributed by atoms with Crippen LogP contribution in [0, 0.1) is 6.92 Å². The van der Waals surface area contributed by atoms with Gasteiger partial charge in [0.25, 0.3) is 0 Å². The number of anilines is 1. The smallest absolute Gasteiger partial charge is 0.341 e. The van der Waals surface area contributed by atoms with Gasteiger partial charge in [-0.3, -0.25) is 0 Å². The molecule has 1 aromatic heterocycles. The van der Waals surface area contributed by atoms with E-state index in [1.807, 2.05) is 6.92 Å². The fraction of sp³-hybridized carbons (Fsp3) is 0.643. The number of carbonyl (C=O) groups excluding carboxylic acids is 1. The van der Waals surface area contributed by atoms with E-state index in [1.165, 1.54) is 0 Å². The molecule has 1 fully saturated rings. The Kier molecular flexibility index (Phi) is 4.89. The summed E-state index contributed by atoms with van der Waals surface area (Å²) in [6.07, 6.45) is 1.57. The molecule has 2 rings (SSSR count). The van der Waals surface area contributed by atoms with E-state index in [0.29, 0.717) is 23.8 Å². The summed E-state index contributed by atoms with van der Waals surface area (Å²) in [4.78, 5) is 25.0. The molecule has 6 heteroatoms. The summed E-state index contributed by atoms with van der Waals surface area (Å²) in [5.74, 6) is 0.346. The Morgan fingerprint density at radius 3 is 2.55 bits per heavy atom. The molecule has 0 N–H and O–H groups in total. The molecule has 0 atom stereocenters. The second-order valence-corrected chi connectivity index (χ2v) is 4.81. The standard InChI is InChI=1S/C14H22N4O2/c1-4-17-6-8-18(9-7-17)14-15-10-12(11(3)16-14)13(19)20-5-2/h10H,4-9H2,1-3H3. The zero-order valence-electron chi connectivity index (χ0n) is 12.4. The lowest BCUT2D eigenvalue weighted by atomic mass is 10.2. The fourth-order valence-corrected chi connectivity index (χ4v) is 2.28. The SMILES string of the molecule is CCOC(=O)c1cnc(N2CCN(CC)CC2)nc1C. The van der Waals surface area contributed by atoms with Crippen LogP contribution in [0.5, 0.6) is 0 Å². The molecule has 0 amide bonds. The Labute approximate surface area is 119 Å². The summed E-state index contributed by atoms with van der Waals surface area (Å²) in [6, 6.07) is 0. The number of piperazine rings is 1. The van der Waals surface area contributed by atoms with E-state index in [4.69, 9.17) is 4.74 Å². The van der Waals surface area contributed by atoms with Crippen LogP contribution in [0.4, 0.5) is 5.95 Å². The normalized spacial score (nSPS) is 16.2. The van der Waals surface area contributed by atoms with Gasteiger partial charge in [0.1, 0.15) is 0 Å². The summed E-state index contributed by atoms with van der Waals surface area (Å²) in [5.41, 5.74) is 1.12. The molecule has 0 aliphatic carbocycles. The van der Waals surface area contributed by atoms with Crippen LogP contribution >= 0.6 is 0 Å². The van der Waals surface area contributed by atoms with Gasteiger partial charge in [-0.05, 0) is 20.4 Å². The van der Waals surface area contributed by atoms with Gasteiger partial charge in [0.2, 0.25) is 5.95 Å². The number of aryl methyl sites for hydroxylation is 1. The van der Waals surface area contributed by atoms with Gasteiger partial charge in [-0.25, -0.2) is 14.8 Å². The average molecular weight is 278 g/mol. The Morgan fingerprint density at radius 2 is 2.00 bits per heavy atom. The van der Waals surface area contributed by atoms with Crippen molar-refractivity contribution < 1.29 is 9.53 Å². The fourth-order valence-electron chi connectivity index (χ4n) is 2.28. The van der Waals surface area contributed by atoms with Crippen molar-refractivity contribution in [2.24, 2.45) is 0 Å². The van der Waals surface area contributed by atoms with Gasteiger partial charge in [-0.1, -0.05) is 6.92 Å². The molecule has 1 aromatic rings. The average Bonchev–Trinajstić information content (AvgIpc) is 2.47. The summed E-state index contributed by atoms with van der Waals surface area (Å²) < 4.78 is 4.98. The number of likely N-dealkylation sites (N-methyl/N-ethyl adjacent to an activating group) is 1. The molecule has 6 nitrogen and oxygen atoms in total. The molecule has 1 aliphatic rings. The van der Waals surface area contributed by atoms with Crippen LogP contribution in [-0.4, -0.2) is 60.2 Å². The third-order valence-electron chi connectivity index (χ3n) is 3.56. The highest BCUT2D eigenvalue weighted by molar-refractivity contribution is 5.90. The molecule has 0 unspecified atom stereocenters. The van der Waals surface area contributed by atoms with Crippen LogP contribution in [0.3, 0.4) is 0 Å². The van der Waals surface area contributed by atoms with Crippen LogP contribution in [0.2, 0.25) is 0 Å². The number of carbonyl (C=O) groups is 1. The largest absolute Gasteiger partial charge is 0.462 e. The van der Waals surface area contributed by atoms with Crippen LogP contribution in [0.25, 0.3) is 0 Å². The molecule has 2 heterocycles. The van der Waals surface area contributed by atoms with Gasteiger partial charge >= 0.3 is 5.97 Å². The maximum Gasteiger partial charge on any atom is 0.341 e. The van der Waals surface area contributed by atoms with E-state index in [0.717, 1.165) is 32.7 Å². The minimum Gasteiger partial charge on any atom is -0.462 e. The number of hydrogen-bond donors (Lipinski definition) is 0. The molecule has 0 spiro atoms. The lowest BCUT2D eigenvalue weighted by Crippen LogP contribution is -2.46. The molecule has 0 saturated carbocycles. The highest BCUT2D eigenvalue weighted by atomic mass is 16.5. The van der Waals surface area contributed by atoms with Crippen LogP contribution in [0.15, 0.2) is 6.20 Å². The van der Waals surface area contributed by atoms with Crippen molar-refractivity contribution in [3.05, 3.63) is 17.5 Å². The summed E-state index contributed by atoms with van der Waals surface area (Å²) in [6.45, 7) is 11.1. The summed E-state index contributed by atoms with van der Waals surface area (Å²) in [5, 5.41) is 0. The predicted molar refractivity (Wildman–Crippen MR) is 77.1 cm³/mol. The Balaban J connectivity index is 2.07. The number of esters is 1. The highest BCUT2D eigenvalue weighted by Crippen LogP contribution is 2.14. The zero-order valence-corrected chi connectivity index (χ0v) is 12.4. The number of nitrogens with zero attached hydrogens (tertiary/aromatic N) is 4. The summed E-state index contributed by atoms with van der Waals surface area (Å²) >= 11 is 0. The van der Waals surface area contributed by atoms with Gasteiger partial charge in [-0.2, -0.15) is 0 Å². The lowest BCUT2D eigenvalue weighted by Gasteiger charge is -2.34. The van der Waals surface area contributed by atoms with E-state index in [2.05, 4.69) is 26.7 Å². The van der Waals surface area contributed by atoms with Crippen molar-refractivity contribution in [3.63, 3.8) is 0 Å². The van der Waals surface area contributed by atoms with E-state index in [9.17, 15) is 4.79 Å². The van der Waals surface area contributed by atoms with Crippen molar-refractivity contribution in [2.45, 2.75) is 20.8 Å². The van der Waals surface area contributed by atoms with E-state index in [1.54, 1.807) is 13.1 Å². The van der Waals surface area contributed by atoms with Crippen molar-refractivity contribution >= 4 is 11.9 Å². The minimum absolute atomic E-state index is 0.354. The zero-order chi connectivity index (χ0) is 14.5. The first kappa shape index (κ1) is 14.7. The summed E-state index contributed by atoms with van der Waals surface area (Å²) in [7, 11) is 0. The first-order chi connectivity index (χ1) is 9.65. The molecule has 0 bridgehead atoms. The molecule has 1 saturated heterocycles. The van der Waals surface area contributed by atoms with Crippen molar-refractivity contribution in [3.8, 4) is 0 Å². The van der Waals surface area contributed by atoms with E-state index < -0.39 is 0 Å². The number of hydrogen-bond acceptors (Lipinski definition) is 6. The monoisotopic (exact) mass is 278 g/mol. The van der Waals surface area contributed by atoms with Gasteiger partial charge in [0.05, 0.1) is 17.9 Å². The minimum atomic E-state index is -0.354. The lowest BCUT2D eigenvalue weighted by molar-refractivity contribution is 0.0524. The molecule has 1 aliphatic heterocycles. The third-order valence-corrected chi connectivity index (χ3v) is 3.56. The number of rotatable bonds is 4. The van der Waals surface area contributed by atoms with Crippen LogP contribution in [-0.2, 0) is 4.74 Å². The molecule has 0 radical (unpaired) electrons. The Hall–Kier alpha value is -1.69. The molecule has 110 valence electrons. The Bertz CT molecular complexity index is 470. The second kappa shape index (κ2) is 6.65. The third kappa shape index (κ3) is 3.25. The molecular formula is C14H22N4O2. The van der Waals surface area contributed by atoms with Gasteiger partial charge < -0.3 is 14.5 Å². The predicted octanol–water partition coefficient (Wildman–Crippen LogP) is 1.10. The maximum atomic E-state index is 11.7. The van der Waals surface area contributed by atoms with Crippen molar-refractivity contribution in [1.29, 1.82) is 0 Å². The van der Waals surface area contributed by atoms with Crippen LogP contribution < -0.4 is 4.90 Å². The van der Waals surface area contributed by atoms with Gasteiger partial charge in [0.15, 0.2) is 0 Å². The second-order valence-electron chi connectivity index (χ2n) is 4.81. The van der Waals surface area contributed by atoms with Gasteiger partial charge in [-0.15, -0.1) is 0 Å². The highest BCUT2D eigenvalue weighted by Gasteiger charge is 2.19. The van der Waals surface area contributed by atoms with Crippen molar-refractivity contribution in [2.75, 3.05) is 44.2 Å². The molecular weight excluding hydrogens is 256 g/mol. The first-order valence-electron chi connectivity index (χ1n) is 7.13. The number of aromatic nitrogens is 2. The Morgan fingerprint density at radius 1 is 1.30 bits per heavy atom. The topological polar surface area (TPSA) is 58.6 Å². The molecule has 0 aromatic carbocycles. The number of ether oxygens (including phenoxy) is 1. The van der Waals surface area contributed by atoms with E-state index in [-0.39, 0.29) is 5.97 Å². The molecule has 20 heavy (non-hydrogen) atoms. The first-order valence-corrected chi connectivity index (χ1v) is 7.13. The van der Waals surface area contributed by atoms with Gasteiger partial charge in [0, 0.05) is 32.4 Å². The maximum absolute atomic E-state index is 11.7. The van der Waals surface area contributed by atoms with E-state index >= 15 is 0 Å². The van der Waals surface area contributed by atoms with Crippen LogP contribution in [0.1, 0.15) is 29.9 Å². The van der Waals surface area contributed by atoms with Crippen molar-refractivity contribution in [1.82, 2.24) is 14.9 Å². The quantitative estimate of drug-likeness (QED) is 0.769.